The number of H-pyrrole nitrogens is 1. The lowest BCUT2D eigenvalue weighted by atomic mass is 9.69. The number of amides is 1. The minimum atomic E-state index is -0.703. The summed E-state index contributed by atoms with van der Waals surface area (Å²) in [6, 6.07) is 18.7. The van der Waals surface area contributed by atoms with E-state index in [-0.39, 0.29) is 5.91 Å². The average molecular weight is 391 g/mol. The molecule has 4 rings (SSSR count). The Morgan fingerprint density at radius 3 is 2.62 bits per heavy atom. The van der Waals surface area contributed by atoms with Crippen molar-refractivity contribution >= 4 is 16.8 Å². The molecule has 1 aliphatic rings. The van der Waals surface area contributed by atoms with Gasteiger partial charge in [-0.05, 0) is 37.0 Å². The molecule has 0 fully saturated rings. The molecule has 0 aliphatic carbocycles. The number of carbonyl (C=O) groups excluding carboxylic acids is 1. The van der Waals surface area contributed by atoms with Gasteiger partial charge in [0.1, 0.15) is 5.60 Å². The van der Waals surface area contributed by atoms with E-state index in [1.807, 2.05) is 18.2 Å². The van der Waals surface area contributed by atoms with Crippen molar-refractivity contribution in [3.05, 3.63) is 71.4 Å². The van der Waals surface area contributed by atoms with Crippen LogP contribution in [0.25, 0.3) is 10.9 Å². The second kappa shape index (κ2) is 7.68. The topological polar surface area (TPSA) is 54.1 Å². The summed E-state index contributed by atoms with van der Waals surface area (Å²) in [6.07, 6.45) is 3.77. The van der Waals surface area contributed by atoms with E-state index in [2.05, 4.69) is 60.5 Å². The number of nitrogens with one attached hydrogen (secondary N) is 2. The summed E-state index contributed by atoms with van der Waals surface area (Å²) in [6.45, 7) is 6.53. The summed E-state index contributed by atoms with van der Waals surface area (Å²) in [4.78, 5) is 16.1. The van der Waals surface area contributed by atoms with Gasteiger partial charge in [0.25, 0.3) is 0 Å². The van der Waals surface area contributed by atoms with Crippen molar-refractivity contribution in [3.63, 3.8) is 0 Å². The van der Waals surface area contributed by atoms with Crippen LogP contribution in [0.3, 0.4) is 0 Å². The van der Waals surface area contributed by atoms with Gasteiger partial charge >= 0.3 is 0 Å². The van der Waals surface area contributed by atoms with E-state index in [0.29, 0.717) is 6.61 Å². The first-order valence-electron chi connectivity index (χ1n) is 10.6. The van der Waals surface area contributed by atoms with Crippen molar-refractivity contribution < 1.29 is 9.53 Å². The van der Waals surface area contributed by atoms with Crippen LogP contribution >= 0.6 is 0 Å². The molecular formula is C25H30N2O2. The molecular weight excluding hydrogens is 360 g/mol. The number of carbonyl (C=O) groups is 1. The van der Waals surface area contributed by atoms with Gasteiger partial charge in [0.15, 0.2) is 0 Å². The van der Waals surface area contributed by atoms with Crippen molar-refractivity contribution in [2.45, 2.75) is 57.6 Å². The second-order valence-electron chi connectivity index (χ2n) is 8.23. The van der Waals surface area contributed by atoms with Crippen molar-refractivity contribution in [2.75, 3.05) is 6.61 Å². The fourth-order valence-corrected chi connectivity index (χ4v) is 5.00. The molecule has 0 bridgehead atoms. The van der Waals surface area contributed by atoms with Crippen LogP contribution in [-0.4, -0.2) is 17.5 Å². The molecule has 0 saturated heterocycles. The Kier molecular flexibility index (Phi) is 5.22. The highest BCUT2D eigenvalue weighted by Gasteiger charge is 2.55. The van der Waals surface area contributed by atoms with Gasteiger partial charge in [0.2, 0.25) is 5.91 Å². The van der Waals surface area contributed by atoms with E-state index in [1.54, 1.807) is 6.92 Å². The van der Waals surface area contributed by atoms with Crippen molar-refractivity contribution in [1.29, 1.82) is 0 Å². The van der Waals surface area contributed by atoms with Crippen LogP contribution in [0.15, 0.2) is 54.6 Å². The van der Waals surface area contributed by atoms with Gasteiger partial charge in [0.05, 0.1) is 17.8 Å². The molecule has 0 radical (unpaired) electrons. The van der Waals surface area contributed by atoms with Gasteiger partial charge in [-0.2, -0.15) is 0 Å². The highest BCUT2D eigenvalue weighted by atomic mass is 16.5. The first-order chi connectivity index (χ1) is 14.0. The van der Waals surface area contributed by atoms with Gasteiger partial charge in [-0.1, -0.05) is 68.3 Å². The maximum absolute atomic E-state index is 12.4. The smallest absolute Gasteiger partial charge is 0.217 e. The number of para-hydroxylation sites is 1. The molecule has 0 saturated carbocycles. The molecule has 2 heterocycles. The van der Waals surface area contributed by atoms with E-state index in [0.717, 1.165) is 42.5 Å². The van der Waals surface area contributed by atoms with E-state index in [1.165, 1.54) is 10.9 Å². The van der Waals surface area contributed by atoms with Crippen LogP contribution in [0.4, 0.5) is 0 Å². The Labute approximate surface area is 172 Å². The number of fused-ring (bicyclic) bond motifs is 3. The third-order valence-electron chi connectivity index (χ3n) is 6.39. The van der Waals surface area contributed by atoms with Crippen molar-refractivity contribution in [3.8, 4) is 0 Å². The fraction of sp³-hybridized carbons (Fsp3) is 0.400. The van der Waals surface area contributed by atoms with Gasteiger partial charge in [-0.15, -0.1) is 0 Å². The van der Waals surface area contributed by atoms with Crippen LogP contribution in [0.1, 0.15) is 56.9 Å². The van der Waals surface area contributed by atoms with Crippen LogP contribution < -0.4 is 5.32 Å². The van der Waals surface area contributed by atoms with Crippen molar-refractivity contribution in [1.82, 2.24) is 10.3 Å². The minimum Gasteiger partial charge on any atom is -0.366 e. The van der Waals surface area contributed by atoms with Crippen molar-refractivity contribution in [2.24, 2.45) is 0 Å². The Bertz CT molecular complexity index is 1010. The van der Waals surface area contributed by atoms with Gasteiger partial charge in [-0.25, -0.2) is 0 Å². The van der Waals surface area contributed by atoms with E-state index >= 15 is 0 Å². The predicted molar refractivity (Wildman–Crippen MR) is 117 cm³/mol. The predicted octanol–water partition coefficient (Wildman–Crippen LogP) is 5.18. The molecule has 0 spiro atoms. The molecule has 1 amide bonds. The average Bonchev–Trinajstić information content (AvgIpc) is 3.12. The van der Waals surface area contributed by atoms with Crippen LogP contribution in [-0.2, 0) is 27.1 Å². The van der Waals surface area contributed by atoms with Gasteiger partial charge < -0.3 is 15.0 Å². The molecule has 2 unspecified atom stereocenters. The minimum absolute atomic E-state index is 0.0564. The van der Waals surface area contributed by atoms with Crippen LogP contribution in [0.2, 0.25) is 0 Å². The summed E-state index contributed by atoms with van der Waals surface area (Å²) < 4.78 is 6.70. The molecule has 2 atom stereocenters. The highest BCUT2D eigenvalue weighted by molar-refractivity contribution is 5.85. The number of hydrogen-bond acceptors (Lipinski definition) is 2. The van der Waals surface area contributed by atoms with Gasteiger partial charge in [-0.3, -0.25) is 4.79 Å². The molecule has 1 aromatic heterocycles. The molecule has 4 nitrogen and oxygen atoms in total. The molecule has 4 heteroatoms. The maximum Gasteiger partial charge on any atom is 0.217 e. The third kappa shape index (κ3) is 3.16. The largest absolute Gasteiger partial charge is 0.366 e. The summed E-state index contributed by atoms with van der Waals surface area (Å²) in [5.74, 6) is -0.0564. The van der Waals surface area contributed by atoms with Crippen LogP contribution in [0, 0.1) is 0 Å². The van der Waals surface area contributed by atoms with Gasteiger partial charge in [0, 0.05) is 17.8 Å². The first kappa shape index (κ1) is 19.7. The quantitative estimate of drug-likeness (QED) is 0.609. The Morgan fingerprint density at radius 2 is 1.90 bits per heavy atom. The highest BCUT2D eigenvalue weighted by Crippen LogP contribution is 2.51. The summed E-state index contributed by atoms with van der Waals surface area (Å²) in [5, 5.41) is 4.55. The van der Waals surface area contributed by atoms with E-state index < -0.39 is 11.1 Å². The molecule has 152 valence electrons. The first-order valence-corrected chi connectivity index (χ1v) is 10.6. The summed E-state index contributed by atoms with van der Waals surface area (Å²) in [7, 11) is 0. The molecule has 1 aliphatic heterocycles. The number of aromatic amines is 1. The van der Waals surface area contributed by atoms with Crippen LogP contribution in [0.5, 0.6) is 0 Å². The zero-order valence-corrected chi connectivity index (χ0v) is 17.5. The Hall–Kier alpha value is -2.59. The summed E-state index contributed by atoms with van der Waals surface area (Å²) >= 11 is 0. The third-order valence-corrected chi connectivity index (χ3v) is 6.39. The number of aromatic nitrogens is 1. The zero-order valence-electron chi connectivity index (χ0n) is 17.5. The van der Waals surface area contributed by atoms with E-state index in [4.69, 9.17) is 4.74 Å². The standard InChI is InChI=1S/C25H30N2O2/c1-4-5-16-25(24(3,27-18(2)28)19-11-7-6-8-12-19)23-21(15-17-29-25)20-13-9-10-14-22(20)26-23/h6-14,26H,4-5,15-17H2,1-3H3,(H,27,28). The molecule has 2 N–H and O–H groups in total. The lowest BCUT2D eigenvalue weighted by molar-refractivity contribution is -0.146. The van der Waals surface area contributed by atoms with E-state index in [9.17, 15) is 4.79 Å². The zero-order chi connectivity index (χ0) is 20.5. The lowest BCUT2D eigenvalue weighted by Gasteiger charge is -2.51. The molecule has 2 aromatic carbocycles. The second-order valence-corrected chi connectivity index (χ2v) is 8.23. The number of ether oxygens (including phenoxy) is 1. The Morgan fingerprint density at radius 1 is 1.17 bits per heavy atom. The normalized spacial score (nSPS) is 20.8. The molecule has 29 heavy (non-hydrogen) atoms. The number of unbranched alkanes of at least 4 members (excludes halogenated alkanes) is 1. The molecule has 3 aromatic rings. The number of rotatable bonds is 6. The summed E-state index contributed by atoms with van der Waals surface area (Å²) in [5.41, 5.74) is 3.24. The fourth-order valence-electron chi connectivity index (χ4n) is 5.00. The maximum atomic E-state index is 12.4. The lowest BCUT2D eigenvalue weighted by Crippen LogP contribution is -2.60. The monoisotopic (exact) mass is 390 g/mol. The number of hydrogen-bond donors (Lipinski definition) is 2. The SMILES string of the molecule is CCCCC1(C(C)(NC(C)=O)c2ccccc2)OCCc2c1[nH]c1ccccc21. The Balaban J connectivity index is 2.00. The number of benzene rings is 2.